The minimum absolute atomic E-state index is 0.722. The van der Waals surface area contributed by atoms with Crippen LogP contribution in [0.4, 0.5) is 17.5 Å². The highest BCUT2D eigenvalue weighted by Gasteiger charge is 2.21. The molecule has 2 heterocycles. The smallest absolute Gasteiger partial charge is 0.247 e. The number of hydrogen-bond acceptors (Lipinski definition) is 6. The first-order chi connectivity index (χ1) is 12.1. The van der Waals surface area contributed by atoms with Gasteiger partial charge in [0.2, 0.25) is 5.95 Å². The van der Waals surface area contributed by atoms with E-state index in [0.717, 1.165) is 51.0 Å². The Bertz CT molecular complexity index is 705. The topological polar surface area (TPSA) is 48.4 Å². The van der Waals surface area contributed by atoms with E-state index in [1.807, 2.05) is 0 Å². The van der Waals surface area contributed by atoms with Crippen molar-refractivity contribution in [3.63, 3.8) is 0 Å². The fourth-order valence-electron chi connectivity index (χ4n) is 3.33. The van der Waals surface area contributed by atoms with Gasteiger partial charge in [0.25, 0.3) is 0 Å². The number of rotatable bonds is 5. The molecule has 1 aliphatic rings. The second-order valence-corrected chi connectivity index (χ2v) is 6.48. The molecule has 0 atom stereocenters. The molecule has 1 aromatic heterocycles. The van der Waals surface area contributed by atoms with E-state index in [9.17, 15) is 0 Å². The first-order valence-corrected chi connectivity index (χ1v) is 9.14. The SMILES string of the molecule is CCN(CC)c1nncc(N2CCN(c3cccc(C)c3C)CC2)n1. The molecule has 6 nitrogen and oxygen atoms in total. The zero-order chi connectivity index (χ0) is 17.8. The molecule has 25 heavy (non-hydrogen) atoms. The number of piperazine rings is 1. The molecule has 0 amide bonds. The molecule has 0 unspecified atom stereocenters. The van der Waals surface area contributed by atoms with Gasteiger partial charge >= 0.3 is 0 Å². The van der Waals surface area contributed by atoms with Crippen molar-refractivity contribution in [3.05, 3.63) is 35.5 Å². The third kappa shape index (κ3) is 3.67. The van der Waals surface area contributed by atoms with Gasteiger partial charge in [-0.2, -0.15) is 10.1 Å². The summed E-state index contributed by atoms with van der Waals surface area (Å²) < 4.78 is 0. The fourth-order valence-corrected chi connectivity index (χ4v) is 3.33. The van der Waals surface area contributed by atoms with Crippen molar-refractivity contribution >= 4 is 17.5 Å². The van der Waals surface area contributed by atoms with Crippen LogP contribution in [0.1, 0.15) is 25.0 Å². The molecule has 1 aliphatic heterocycles. The van der Waals surface area contributed by atoms with Crippen molar-refractivity contribution in [1.29, 1.82) is 0 Å². The van der Waals surface area contributed by atoms with E-state index in [1.54, 1.807) is 6.20 Å². The average Bonchev–Trinajstić information content (AvgIpc) is 2.65. The van der Waals surface area contributed by atoms with Gasteiger partial charge in [-0.05, 0) is 44.9 Å². The Balaban J connectivity index is 1.70. The summed E-state index contributed by atoms with van der Waals surface area (Å²) in [6.07, 6.45) is 1.78. The van der Waals surface area contributed by atoms with Crippen molar-refractivity contribution < 1.29 is 0 Å². The van der Waals surface area contributed by atoms with E-state index in [2.05, 4.69) is 70.8 Å². The molecule has 0 radical (unpaired) electrons. The highest BCUT2D eigenvalue weighted by atomic mass is 15.4. The van der Waals surface area contributed by atoms with Crippen LogP contribution in [0.2, 0.25) is 0 Å². The Hall–Kier alpha value is -2.37. The van der Waals surface area contributed by atoms with Gasteiger partial charge in [0.15, 0.2) is 5.82 Å². The van der Waals surface area contributed by atoms with Gasteiger partial charge in [-0.25, -0.2) is 0 Å². The van der Waals surface area contributed by atoms with Gasteiger partial charge in [0, 0.05) is 45.0 Å². The van der Waals surface area contributed by atoms with E-state index in [1.165, 1.54) is 16.8 Å². The van der Waals surface area contributed by atoms with Crippen molar-refractivity contribution in [2.24, 2.45) is 0 Å². The number of anilines is 3. The van der Waals surface area contributed by atoms with E-state index in [-0.39, 0.29) is 0 Å². The van der Waals surface area contributed by atoms with E-state index >= 15 is 0 Å². The minimum Gasteiger partial charge on any atom is -0.368 e. The zero-order valence-electron chi connectivity index (χ0n) is 15.7. The van der Waals surface area contributed by atoms with Gasteiger partial charge < -0.3 is 14.7 Å². The predicted molar refractivity (Wildman–Crippen MR) is 104 cm³/mol. The molecule has 1 saturated heterocycles. The monoisotopic (exact) mass is 340 g/mol. The van der Waals surface area contributed by atoms with E-state index < -0.39 is 0 Å². The van der Waals surface area contributed by atoms with Crippen molar-refractivity contribution in [2.75, 3.05) is 54.0 Å². The average molecular weight is 340 g/mol. The number of aryl methyl sites for hydroxylation is 1. The van der Waals surface area contributed by atoms with Crippen LogP contribution in [0.5, 0.6) is 0 Å². The molecule has 6 heteroatoms. The summed E-state index contributed by atoms with van der Waals surface area (Å²) >= 11 is 0. The highest BCUT2D eigenvalue weighted by Crippen LogP contribution is 2.25. The van der Waals surface area contributed by atoms with Gasteiger partial charge in [0.05, 0.1) is 6.20 Å². The normalized spacial score (nSPS) is 14.7. The van der Waals surface area contributed by atoms with Crippen molar-refractivity contribution in [2.45, 2.75) is 27.7 Å². The molecule has 3 rings (SSSR count). The van der Waals surface area contributed by atoms with E-state index in [0.29, 0.717) is 0 Å². The van der Waals surface area contributed by atoms with Crippen LogP contribution in [0.25, 0.3) is 0 Å². The van der Waals surface area contributed by atoms with Crippen LogP contribution in [-0.2, 0) is 0 Å². The Labute approximate surface area is 150 Å². The summed E-state index contributed by atoms with van der Waals surface area (Å²) in [6, 6.07) is 6.55. The minimum atomic E-state index is 0.722. The first kappa shape index (κ1) is 17.5. The summed E-state index contributed by atoms with van der Waals surface area (Å²) in [6.45, 7) is 14.3. The number of benzene rings is 1. The van der Waals surface area contributed by atoms with Crippen LogP contribution in [0.3, 0.4) is 0 Å². The van der Waals surface area contributed by atoms with Gasteiger partial charge in [0.1, 0.15) is 0 Å². The summed E-state index contributed by atoms with van der Waals surface area (Å²) in [4.78, 5) is 11.6. The summed E-state index contributed by atoms with van der Waals surface area (Å²) in [7, 11) is 0. The molecule has 2 aromatic rings. The summed E-state index contributed by atoms with van der Waals surface area (Å²) in [5.41, 5.74) is 4.08. The maximum atomic E-state index is 4.73. The Morgan fingerprint density at radius 1 is 1.00 bits per heavy atom. The lowest BCUT2D eigenvalue weighted by atomic mass is 10.1. The van der Waals surface area contributed by atoms with Crippen LogP contribution < -0.4 is 14.7 Å². The molecule has 0 aliphatic carbocycles. The van der Waals surface area contributed by atoms with Crippen LogP contribution >= 0.6 is 0 Å². The fraction of sp³-hybridized carbons (Fsp3) is 0.526. The third-order valence-electron chi connectivity index (χ3n) is 5.10. The molecule has 0 bridgehead atoms. The Kier molecular flexibility index (Phi) is 5.36. The maximum Gasteiger partial charge on any atom is 0.247 e. The van der Waals surface area contributed by atoms with E-state index in [4.69, 9.17) is 4.98 Å². The molecular weight excluding hydrogens is 312 g/mol. The highest BCUT2D eigenvalue weighted by molar-refractivity contribution is 5.57. The largest absolute Gasteiger partial charge is 0.368 e. The van der Waals surface area contributed by atoms with Gasteiger partial charge in [-0.3, -0.25) is 0 Å². The van der Waals surface area contributed by atoms with Gasteiger partial charge in [-0.15, -0.1) is 5.10 Å². The lowest BCUT2D eigenvalue weighted by Crippen LogP contribution is -2.47. The lowest BCUT2D eigenvalue weighted by molar-refractivity contribution is 0.641. The molecule has 134 valence electrons. The Morgan fingerprint density at radius 3 is 2.36 bits per heavy atom. The van der Waals surface area contributed by atoms with Crippen LogP contribution in [0, 0.1) is 13.8 Å². The molecule has 1 fully saturated rings. The molecule has 0 spiro atoms. The van der Waals surface area contributed by atoms with Crippen molar-refractivity contribution in [3.8, 4) is 0 Å². The van der Waals surface area contributed by atoms with Crippen LogP contribution in [0.15, 0.2) is 24.4 Å². The maximum absolute atomic E-state index is 4.73. The predicted octanol–water partition coefficient (Wildman–Crippen LogP) is 2.66. The quantitative estimate of drug-likeness (QED) is 0.834. The molecule has 0 N–H and O–H groups in total. The number of aromatic nitrogens is 3. The molecule has 1 aromatic carbocycles. The van der Waals surface area contributed by atoms with Gasteiger partial charge in [-0.1, -0.05) is 12.1 Å². The zero-order valence-corrected chi connectivity index (χ0v) is 15.7. The summed E-state index contributed by atoms with van der Waals surface area (Å²) in [5, 5.41) is 8.36. The van der Waals surface area contributed by atoms with Crippen LogP contribution in [-0.4, -0.2) is 54.4 Å². The lowest BCUT2D eigenvalue weighted by Gasteiger charge is -2.37. The summed E-state index contributed by atoms with van der Waals surface area (Å²) in [5.74, 6) is 1.65. The second-order valence-electron chi connectivity index (χ2n) is 6.48. The van der Waals surface area contributed by atoms with Crippen molar-refractivity contribution in [1.82, 2.24) is 15.2 Å². The Morgan fingerprint density at radius 2 is 1.68 bits per heavy atom. The molecular formula is C19H28N6. The standard InChI is InChI=1S/C19H28N6/c1-5-23(6-2)19-21-18(14-20-22-19)25-12-10-24(11-13-25)17-9-7-8-15(3)16(17)4/h7-9,14H,5-6,10-13H2,1-4H3. The number of nitrogens with zero attached hydrogens (tertiary/aromatic N) is 6. The number of hydrogen-bond donors (Lipinski definition) is 0. The molecule has 0 saturated carbocycles. The first-order valence-electron chi connectivity index (χ1n) is 9.14. The third-order valence-corrected chi connectivity index (χ3v) is 5.10. The second kappa shape index (κ2) is 7.68.